The second kappa shape index (κ2) is 7.31. The Balaban J connectivity index is 2.36. The van der Waals surface area contributed by atoms with E-state index in [2.05, 4.69) is 22.9 Å². The van der Waals surface area contributed by atoms with Crippen molar-refractivity contribution in [1.82, 2.24) is 4.90 Å². The molecule has 1 aliphatic carbocycles. The molecule has 0 radical (unpaired) electrons. The van der Waals surface area contributed by atoms with E-state index in [9.17, 15) is 4.79 Å². The number of unbranched alkanes of at least 4 members (excludes halogenated alkanes) is 1. The first kappa shape index (κ1) is 14.0. The summed E-state index contributed by atoms with van der Waals surface area (Å²) in [7, 11) is 1.99. The largest absolute Gasteiger partial charge is 0.343 e. The highest BCUT2D eigenvalue weighted by molar-refractivity contribution is 9.09. The zero-order valence-electron chi connectivity index (χ0n) is 10.5. The van der Waals surface area contributed by atoms with Gasteiger partial charge in [0.2, 0.25) is 5.91 Å². The molecule has 0 saturated heterocycles. The second-order valence-electron chi connectivity index (χ2n) is 4.98. The van der Waals surface area contributed by atoms with Crippen LogP contribution in [0.1, 0.15) is 51.9 Å². The van der Waals surface area contributed by atoms with Crippen LogP contribution in [0.15, 0.2) is 0 Å². The highest BCUT2D eigenvalue weighted by Crippen LogP contribution is 2.27. The van der Waals surface area contributed by atoms with Gasteiger partial charge in [0.15, 0.2) is 0 Å². The summed E-state index contributed by atoms with van der Waals surface area (Å²) in [4.78, 5) is 14.0. The molecule has 0 aromatic carbocycles. The van der Waals surface area contributed by atoms with Crippen molar-refractivity contribution in [3.63, 3.8) is 0 Å². The van der Waals surface area contributed by atoms with Crippen LogP contribution in [0.2, 0.25) is 0 Å². The quantitative estimate of drug-likeness (QED) is 0.560. The Hall–Kier alpha value is -0.0500. The molecule has 0 heterocycles. The number of carbonyl (C=O) groups excluding carboxylic acids is 1. The lowest BCUT2D eigenvalue weighted by molar-refractivity contribution is -0.133. The number of hydrogen-bond donors (Lipinski definition) is 0. The Morgan fingerprint density at radius 3 is 2.62 bits per heavy atom. The van der Waals surface area contributed by atoms with E-state index in [-0.39, 0.29) is 0 Å². The third-order valence-corrected chi connectivity index (χ3v) is 4.29. The van der Waals surface area contributed by atoms with Gasteiger partial charge in [-0.3, -0.25) is 4.79 Å². The summed E-state index contributed by atoms with van der Waals surface area (Å²) in [5, 5.41) is 1.00. The zero-order chi connectivity index (χ0) is 12.0. The van der Waals surface area contributed by atoms with E-state index in [4.69, 9.17) is 0 Å². The molecule has 2 nitrogen and oxygen atoms in total. The van der Waals surface area contributed by atoms with Crippen molar-refractivity contribution in [2.24, 2.45) is 5.92 Å². The highest BCUT2D eigenvalue weighted by Gasteiger charge is 2.27. The van der Waals surface area contributed by atoms with Gasteiger partial charge in [-0.05, 0) is 31.6 Å². The summed E-state index contributed by atoms with van der Waals surface area (Å²) in [6, 6.07) is 0.491. The van der Waals surface area contributed by atoms with Crippen LogP contribution in [0.5, 0.6) is 0 Å². The molecule has 3 heteroatoms. The van der Waals surface area contributed by atoms with Crippen LogP contribution >= 0.6 is 15.9 Å². The maximum absolute atomic E-state index is 12.0. The molecule has 0 N–H and O–H groups in total. The minimum absolute atomic E-state index is 0.333. The van der Waals surface area contributed by atoms with E-state index < -0.39 is 0 Å². The Morgan fingerprint density at radius 2 is 2.00 bits per heavy atom. The van der Waals surface area contributed by atoms with Gasteiger partial charge in [-0.25, -0.2) is 0 Å². The molecule has 0 aliphatic heterocycles. The normalized spacial score (nSPS) is 25.4. The molecule has 1 fully saturated rings. The van der Waals surface area contributed by atoms with Crippen molar-refractivity contribution >= 4 is 21.8 Å². The van der Waals surface area contributed by atoms with E-state index in [0.717, 1.165) is 18.2 Å². The topological polar surface area (TPSA) is 20.3 Å². The summed E-state index contributed by atoms with van der Waals surface area (Å²) in [5.74, 6) is 1.01. The Labute approximate surface area is 108 Å². The van der Waals surface area contributed by atoms with E-state index in [0.29, 0.717) is 24.3 Å². The van der Waals surface area contributed by atoms with Crippen LogP contribution in [-0.2, 0) is 4.79 Å². The molecule has 0 aromatic heterocycles. The first-order chi connectivity index (χ1) is 7.66. The van der Waals surface area contributed by atoms with Crippen LogP contribution in [0, 0.1) is 5.92 Å². The molecular formula is C13H24BrNO. The summed E-state index contributed by atoms with van der Waals surface area (Å²) in [6.07, 6.45) is 7.92. The lowest BCUT2D eigenvalue weighted by Crippen LogP contribution is -2.42. The van der Waals surface area contributed by atoms with Gasteiger partial charge in [-0.15, -0.1) is 0 Å². The van der Waals surface area contributed by atoms with Crippen molar-refractivity contribution in [2.75, 3.05) is 12.4 Å². The van der Waals surface area contributed by atoms with Crippen molar-refractivity contribution in [3.05, 3.63) is 0 Å². The first-order valence-corrected chi connectivity index (χ1v) is 7.60. The monoisotopic (exact) mass is 289 g/mol. The fourth-order valence-electron chi connectivity index (χ4n) is 2.60. The van der Waals surface area contributed by atoms with Crippen molar-refractivity contribution in [2.45, 2.75) is 57.9 Å². The lowest BCUT2D eigenvalue weighted by atomic mass is 9.85. The van der Waals surface area contributed by atoms with Gasteiger partial charge >= 0.3 is 0 Å². The highest BCUT2D eigenvalue weighted by atomic mass is 79.9. The van der Waals surface area contributed by atoms with Crippen LogP contribution in [0.25, 0.3) is 0 Å². The average molecular weight is 290 g/mol. The zero-order valence-corrected chi connectivity index (χ0v) is 12.1. The van der Waals surface area contributed by atoms with E-state index in [1.807, 2.05) is 11.9 Å². The number of alkyl halides is 1. The Morgan fingerprint density at radius 1 is 1.31 bits per heavy atom. The smallest absolute Gasteiger partial charge is 0.222 e. The number of halogens is 1. The number of rotatable bonds is 5. The van der Waals surface area contributed by atoms with Gasteiger partial charge in [0.25, 0.3) is 0 Å². The van der Waals surface area contributed by atoms with Gasteiger partial charge in [0.05, 0.1) is 0 Å². The van der Waals surface area contributed by atoms with Gasteiger partial charge in [0, 0.05) is 24.8 Å². The Kier molecular flexibility index (Phi) is 6.40. The minimum atomic E-state index is 0.333. The SMILES string of the molecule is CC1CCCCC1N(C)C(=O)CCCCBr. The van der Waals surface area contributed by atoms with Gasteiger partial charge < -0.3 is 4.90 Å². The molecule has 1 aliphatic rings. The predicted octanol–water partition coefficient (Wildman–Crippen LogP) is 3.59. The van der Waals surface area contributed by atoms with Gasteiger partial charge in [-0.2, -0.15) is 0 Å². The van der Waals surface area contributed by atoms with Crippen LogP contribution in [0.3, 0.4) is 0 Å². The summed E-state index contributed by atoms with van der Waals surface area (Å²) in [6.45, 7) is 2.28. The maximum atomic E-state index is 12.0. The lowest BCUT2D eigenvalue weighted by Gasteiger charge is -2.36. The molecule has 0 aromatic rings. The van der Waals surface area contributed by atoms with E-state index >= 15 is 0 Å². The summed E-state index contributed by atoms with van der Waals surface area (Å²) < 4.78 is 0. The number of amides is 1. The molecular weight excluding hydrogens is 266 g/mol. The van der Waals surface area contributed by atoms with Gasteiger partial charge in [-0.1, -0.05) is 35.7 Å². The van der Waals surface area contributed by atoms with E-state index in [1.54, 1.807) is 0 Å². The minimum Gasteiger partial charge on any atom is -0.343 e. The van der Waals surface area contributed by atoms with Crippen molar-refractivity contribution in [1.29, 1.82) is 0 Å². The second-order valence-corrected chi connectivity index (χ2v) is 5.77. The van der Waals surface area contributed by atoms with Crippen LogP contribution in [-0.4, -0.2) is 29.2 Å². The molecule has 1 rings (SSSR count). The molecule has 1 saturated carbocycles. The maximum Gasteiger partial charge on any atom is 0.222 e. The molecule has 2 unspecified atom stereocenters. The molecule has 0 spiro atoms. The summed E-state index contributed by atoms with van der Waals surface area (Å²) >= 11 is 3.40. The standard InChI is InChI=1S/C13H24BrNO/c1-11-7-3-4-8-12(11)15(2)13(16)9-5-6-10-14/h11-12H,3-10H2,1-2H3. The molecule has 1 amide bonds. The van der Waals surface area contributed by atoms with Crippen LogP contribution in [0.4, 0.5) is 0 Å². The fraction of sp³-hybridized carbons (Fsp3) is 0.923. The third-order valence-electron chi connectivity index (χ3n) is 3.73. The predicted molar refractivity (Wildman–Crippen MR) is 71.8 cm³/mol. The fourth-order valence-corrected chi connectivity index (χ4v) is 3.00. The van der Waals surface area contributed by atoms with Gasteiger partial charge in [0.1, 0.15) is 0 Å². The average Bonchev–Trinajstić information content (AvgIpc) is 2.29. The first-order valence-electron chi connectivity index (χ1n) is 6.48. The van der Waals surface area contributed by atoms with Crippen molar-refractivity contribution in [3.8, 4) is 0 Å². The third kappa shape index (κ3) is 4.08. The summed E-state index contributed by atoms with van der Waals surface area (Å²) in [5.41, 5.74) is 0. The number of hydrogen-bond acceptors (Lipinski definition) is 1. The number of carbonyl (C=O) groups is 1. The molecule has 0 bridgehead atoms. The molecule has 2 atom stereocenters. The molecule has 16 heavy (non-hydrogen) atoms. The number of nitrogens with zero attached hydrogens (tertiary/aromatic N) is 1. The Bertz CT molecular complexity index is 220. The van der Waals surface area contributed by atoms with Crippen LogP contribution < -0.4 is 0 Å². The van der Waals surface area contributed by atoms with Crippen molar-refractivity contribution < 1.29 is 4.79 Å². The van der Waals surface area contributed by atoms with E-state index in [1.165, 1.54) is 25.7 Å². The molecule has 94 valence electrons.